The van der Waals surface area contributed by atoms with E-state index in [9.17, 15) is 14.4 Å². The third kappa shape index (κ3) is 2.76. The van der Waals surface area contributed by atoms with Crippen LogP contribution in [-0.2, 0) is 25.4 Å². The molecule has 1 aliphatic rings. The van der Waals surface area contributed by atoms with Gasteiger partial charge >= 0.3 is 5.69 Å². The fraction of sp³-hybridized carbons (Fsp3) is 0.625. The van der Waals surface area contributed by atoms with Crippen molar-refractivity contribution in [2.24, 2.45) is 20.0 Å². The van der Waals surface area contributed by atoms with Crippen LogP contribution in [0.4, 0.5) is 0 Å². The lowest BCUT2D eigenvalue weighted by Gasteiger charge is -2.31. The number of imidazole rings is 1. The van der Waals surface area contributed by atoms with Crippen molar-refractivity contribution in [1.29, 1.82) is 0 Å². The highest BCUT2D eigenvalue weighted by Gasteiger charge is 2.21. The fourth-order valence-corrected chi connectivity index (χ4v) is 3.36. The molecule has 1 fully saturated rings. The predicted octanol–water partition coefficient (Wildman–Crippen LogP) is 0.0823. The van der Waals surface area contributed by atoms with Gasteiger partial charge in [-0.15, -0.1) is 0 Å². The largest absolute Gasteiger partial charge is 0.342 e. The molecule has 0 bridgehead atoms. The lowest BCUT2D eigenvalue weighted by atomic mass is 10.00. The number of carbonyl (C=O) groups excluding carboxylic acids is 1. The van der Waals surface area contributed by atoms with Crippen molar-refractivity contribution in [3.8, 4) is 0 Å². The zero-order valence-electron chi connectivity index (χ0n) is 14.4. The number of aryl methyl sites for hydroxylation is 2. The Morgan fingerprint density at radius 3 is 2.75 bits per heavy atom. The summed E-state index contributed by atoms with van der Waals surface area (Å²) in [6.45, 7) is 4.16. The summed E-state index contributed by atoms with van der Waals surface area (Å²) in [6, 6.07) is 0. The highest BCUT2D eigenvalue weighted by Crippen LogP contribution is 2.16. The normalized spacial score (nSPS) is 18.3. The molecule has 2 aromatic heterocycles. The predicted molar refractivity (Wildman–Crippen MR) is 89.8 cm³/mol. The molecule has 3 rings (SSSR count). The summed E-state index contributed by atoms with van der Waals surface area (Å²) in [7, 11) is 3.03. The first-order chi connectivity index (χ1) is 11.4. The molecule has 2 aromatic rings. The smallest absolute Gasteiger partial charge is 0.332 e. The van der Waals surface area contributed by atoms with Crippen LogP contribution in [0.15, 0.2) is 15.9 Å². The van der Waals surface area contributed by atoms with E-state index in [0.29, 0.717) is 30.0 Å². The molecule has 8 nitrogen and oxygen atoms in total. The number of carbonyl (C=O) groups is 1. The molecule has 3 heterocycles. The molecular weight excluding hydrogens is 310 g/mol. The molecule has 1 aliphatic heterocycles. The second kappa shape index (κ2) is 6.26. The van der Waals surface area contributed by atoms with Crippen LogP contribution in [0.2, 0.25) is 0 Å². The summed E-state index contributed by atoms with van der Waals surface area (Å²) in [5.41, 5.74) is -0.0812. The molecule has 1 amide bonds. The topological polar surface area (TPSA) is 82.1 Å². The highest BCUT2D eigenvalue weighted by atomic mass is 16.2. The maximum absolute atomic E-state index is 12.4. The van der Waals surface area contributed by atoms with Crippen LogP contribution in [0.25, 0.3) is 11.2 Å². The molecule has 0 N–H and O–H groups in total. The van der Waals surface area contributed by atoms with Crippen LogP contribution >= 0.6 is 0 Å². The van der Waals surface area contributed by atoms with Crippen LogP contribution in [0, 0.1) is 5.92 Å². The number of likely N-dealkylation sites (tertiary alicyclic amines) is 1. The van der Waals surface area contributed by atoms with Crippen LogP contribution in [-0.4, -0.2) is 42.6 Å². The van der Waals surface area contributed by atoms with Crippen LogP contribution in [0.1, 0.15) is 26.2 Å². The molecule has 1 saturated heterocycles. The molecule has 8 heteroatoms. The molecule has 1 atom stereocenters. The highest BCUT2D eigenvalue weighted by molar-refractivity contribution is 5.76. The minimum Gasteiger partial charge on any atom is -0.342 e. The van der Waals surface area contributed by atoms with E-state index >= 15 is 0 Å². The van der Waals surface area contributed by atoms with E-state index in [-0.39, 0.29) is 11.5 Å². The lowest BCUT2D eigenvalue weighted by Crippen LogP contribution is -2.39. The Kier molecular flexibility index (Phi) is 4.29. The summed E-state index contributed by atoms with van der Waals surface area (Å²) in [4.78, 5) is 42.8. The van der Waals surface area contributed by atoms with E-state index in [1.807, 2.05) is 4.90 Å². The van der Waals surface area contributed by atoms with Crippen molar-refractivity contribution in [3.05, 3.63) is 27.2 Å². The summed E-state index contributed by atoms with van der Waals surface area (Å²) in [5, 5.41) is 0. The van der Waals surface area contributed by atoms with Gasteiger partial charge in [-0.05, 0) is 18.8 Å². The Labute approximate surface area is 139 Å². The van der Waals surface area contributed by atoms with E-state index < -0.39 is 5.69 Å². The molecule has 0 aliphatic carbocycles. The number of hydrogen-bond acceptors (Lipinski definition) is 4. The van der Waals surface area contributed by atoms with Crippen LogP contribution < -0.4 is 11.2 Å². The van der Waals surface area contributed by atoms with Gasteiger partial charge in [-0.2, -0.15) is 0 Å². The zero-order chi connectivity index (χ0) is 17.4. The first kappa shape index (κ1) is 16.5. The van der Waals surface area contributed by atoms with Gasteiger partial charge in [-0.25, -0.2) is 9.78 Å². The minimum atomic E-state index is -0.406. The van der Waals surface area contributed by atoms with E-state index in [4.69, 9.17) is 0 Å². The average Bonchev–Trinajstić information content (AvgIpc) is 3.00. The Balaban J connectivity index is 1.83. The quantitative estimate of drug-likeness (QED) is 0.797. The van der Waals surface area contributed by atoms with Gasteiger partial charge in [0, 0.05) is 40.2 Å². The second-order valence-electron chi connectivity index (χ2n) is 6.65. The Hall–Kier alpha value is -2.38. The van der Waals surface area contributed by atoms with Gasteiger partial charge in [0.25, 0.3) is 5.56 Å². The number of nitrogens with zero attached hydrogens (tertiary/aromatic N) is 5. The van der Waals surface area contributed by atoms with Gasteiger partial charge in [-0.1, -0.05) is 6.92 Å². The molecule has 0 saturated carbocycles. The van der Waals surface area contributed by atoms with Gasteiger partial charge in [0.05, 0.1) is 6.33 Å². The van der Waals surface area contributed by atoms with E-state index in [0.717, 1.165) is 24.1 Å². The van der Waals surface area contributed by atoms with Crippen LogP contribution in [0.3, 0.4) is 0 Å². The number of rotatable bonds is 3. The summed E-state index contributed by atoms with van der Waals surface area (Å²) >= 11 is 0. The molecule has 0 unspecified atom stereocenters. The standard InChI is InChI=1S/C16H23N5O3/c1-11-5-4-7-20(9-11)12(22)6-8-21-10-17-14-13(21)15(23)19(3)16(24)18(14)2/h10-11H,4-9H2,1-3H3/t11-/m1/s1. The average molecular weight is 333 g/mol. The van der Waals surface area contributed by atoms with Gasteiger partial charge in [-0.3, -0.25) is 18.7 Å². The van der Waals surface area contributed by atoms with Crippen molar-refractivity contribution in [2.75, 3.05) is 13.1 Å². The van der Waals surface area contributed by atoms with Gasteiger partial charge < -0.3 is 9.47 Å². The van der Waals surface area contributed by atoms with Gasteiger partial charge in [0.2, 0.25) is 5.91 Å². The van der Waals surface area contributed by atoms with Crippen molar-refractivity contribution in [3.63, 3.8) is 0 Å². The Bertz CT molecular complexity index is 891. The zero-order valence-corrected chi connectivity index (χ0v) is 14.4. The maximum Gasteiger partial charge on any atom is 0.332 e. The SMILES string of the molecule is C[C@@H]1CCCN(C(=O)CCn2cnc3c2c(=O)n(C)c(=O)n3C)C1. The van der Waals surface area contributed by atoms with Crippen molar-refractivity contribution in [1.82, 2.24) is 23.6 Å². The van der Waals surface area contributed by atoms with E-state index in [2.05, 4.69) is 11.9 Å². The number of amides is 1. The molecule has 0 aromatic carbocycles. The third-order valence-corrected chi connectivity index (χ3v) is 4.79. The van der Waals surface area contributed by atoms with Gasteiger partial charge in [0.1, 0.15) is 0 Å². The van der Waals surface area contributed by atoms with Crippen LogP contribution in [0.5, 0.6) is 0 Å². The van der Waals surface area contributed by atoms with Crippen molar-refractivity contribution >= 4 is 17.1 Å². The van der Waals surface area contributed by atoms with Crippen molar-refractivity contribution in [2.45, 2.75) is 32.7 Å². The van der Waals surface area contributed by atoms with Crippen molar-refractivity contribution < 1.29 is 4.79 Å². The van der Waals surface area contributed by atoms with E-state index in [1.165, 1.54) is 24.4 Å². The molecule has 0 spiro atoms. The van der Waals surface area contributed by atoms with Gasteiger partial charge in [0.15, 0.2) is 11.2 Å². The second-order valence-corrected chi connectivity index (χ2v) is 6.65. The molecule has 24 heavy (non-hydrogen) atoms. The number of hydrogen-bond donors (Lipinski definition) is 0. The summed E-state index contributed by atoms with van der Waals surface area (Å²) in [5.74, 6) is 0.642. The monoisotopic (exact) mass is 333 g/mol. The number of fused-ring (bicyclic) bond motifs is 1. The molecular formula is C16H23N5O3. The van der Waals surface area contributed by atoms with E-state index in [1.54, 1.807) is 11.6 Å². The lowest BCUT2D eigenvalue weighted by molar-refractivity contribution is -0.133. The Morgan fingerprint density at radius 1 is 1.29 bits per heavy atom. The fourth-order valence-electron chi connectivity index (χ4n) is 3.36. The third-order valence-electron chi connectivity index (χ3n) is 4.79. The molecule has 0 radical (unpaired) electrons. The first-order valence-electron chi connectivity index (χ1n) is 8.28. The minimum absolute atomic E-state index is 0.102. The summed E-state index contributed by atoms with van der Waals surface area (Å²) in [6.07, 6.45) is 4.06. The Morgan fingerprint density at radius 2 is 2.04 bits per heavy atom. The first-order valence-corrected chi connectivity index (χ1v) is 8.28. The molecule has 130 valence electrons. The number of aromatic nitrogens is 4. The summed E-state index contributed by atoms with van der Waals surface area (Å²) < 4.78 is 4.08. The maximum atomic E-state index is 12.4. The number of piperidine rings is 1.